The summed E-state index contributed by atoms with van der Waals surface area (Å²) in [4.78, 5) is 28.5. The van der Waals surface area contributed by atoms with Crippen molar-refractivity contribution in [2.24, 2.45) is 5.73 Å². The summed E-state index contributed by atoms with van der Waals surface area (Å²) >= 11 is 0. The molecule has 0 spiro atoms. The number of fused-ring (bicyclic) bond motifs is 1. The van der Waals surface area contributed by atoms with Crippen LogP contribution in [-0.2, 0) is 5.54 Å². The van der Waals surface area contributed by atoms with Crippen molar-refractivity contribution in [3.8, 4) is 5.75 Å². The molecule has 4 rings (SSSR count). The van der Waals surface area contributed by atoms with Crippen LogP contribution in [0.3, 0.4) is 0 Å². The number of ether oxygens (including phenoxy) is 1. The van der Waals surface area contributed by atoms with E-state index < -0.39 is 40.7 Å². The molecule has 1 unspecified atom stereocenters. The normalized spacial score (nSPS) is 20.6. The summed E-state index contributed by atoms with van der Waals surface area (Å²) in [5, 5.41) is 12.1. The zero-order valence-corrected chi connectivity index (χ0v) is 16.1. The van der Waals surface area contributed by atoms with Crippen molar-refractivity contribution >= 4 is 22.6 Å². The van der Waals surface area contributed by atoms with Crippen molar-refractivity contribution in [2.75, 3.05) is 24.5 Å². The van der Waals surface area contributed by atoms with E-state index in [1.807, 2.05) is 6.92 Å². The number of carboxylic acids is 1. The first kappa shape index (κ1) is 20.5. The van der Waals surface area contributed by atoms with Crippen molar-refractivity contribution in [3.63, 3.8) is 0 Å². The number of piperazine rings is 1. The maximum Gasteiger partial charge on any atom is 0.387 e. The number of nitrogens with two attached hydrogens (primary N) is 1. The minimum Gasteiger partial charge on any atom is -0.477 e. The van der Waals surface area contributed by atoms with E-state index in [-0.39, 0.29) is 28.2 Å². The van der Waals surface area contributed by atoms with E-state index in [9.17, 15) is 23.5 Å². The van der Waals surface area contributed by atoms with Gasteiger partial charge in [0.15, 0.2) is 11.6 Å². The molecular weight excluding hydrogens is 405 g/mol. The number of H-pyrrole nitrogens is 1. The van der Waals surface area contributed by atoms with E-state index in [0.717, 1.165) is 6.20 Å². The van der Waals surface area contributed by atoms with Gasteiger partial charge in [-0.25, -0.2) is 9.18 Å². The molecule has 0 bridgehead atoms. The number of aromatic nitrogens is 1. The van der Waals surface area contributed by atoms with E-state index >= 15 is 4.39 Å². The van der Waals surface area contributed by atoms with Crippen molar-refractivity contribution in [3.05, 3.63) is 33.4 Å². The zero-order chi connectivity index (χ0) is 21.8. The Labute approximate surface area is 168 Å². The third-order valence-electron chi connectivity index (χ3n) is 5.61. The number of carbonyl (C=O) groups is 1. The lowest BCUT2D eigenvalue weighted by atomic mass is 9.95. The Morgan fingerprint density at radius 2 is 2.13 bits per heavy atom. The second-order valence-corrected chi connectivity index (χ2v) is 7.79. The van der Waals surface area contributed by atoms with Gasteiger partial charge in [-0.1, -0.05) is 0 Å². The van der Waals surface area contributed by atoms with Crippen molar-refractivity contribution in [1.82, 2.24) is 10.3 Å². The number of aromatic amines is 1. The summed E-state index contributed by atoms with van der Waals surface area (Å²) in [6, 6.07) is -0.0436. The average molecular weight is 426 g/mol. The molecule has 1 atom stereocenters. The number of nitrogens with one attached hydrogen (secondary N) is 2. The molecule has 11 heteroatoms. The number of nitrogens with zero attached hydrogens (tertiary/aromatic N) is 1. The summed E-state index contributed by atoms with van der Waals surface area (Å²) in [5.41, 5.74) is 2.87. The molecule has 1 aromatic heterocycles. The fourth-order valence-electron chi connectivity index (χ4n) is 4.03. The molecule has 5 N–H and O–H groups in total. The molecule has 1 aliphatic carbocycles. The Hall–Kier alpha value is -2.79. The number of anilines is 1. The molecule has 8 nitrogen and oxygen atoms in total. The molecule has 0 amide bonds. The van der Waals surface area contributed by atoms with Crippen LogP contribution in [0.15, 0.2) is 11.0 Å². The molecule has 1 aliphatic heterocycles. The number of halogens is 3. The van der Waals surface area contributed by atoms with E-state index in [0.29, 0.717) is 32.5 Å². The summed E-state index contributed by atoms with van der Waals surface area (Å²) in [7, 11) is 0. The fraction of sp³-hybridized carbons (Fsp3) is 0.474. The van der Waals surface area contributed by atoms with Crippen LogP contribution in [0.2, 0.25) is 0 Å². The third-order valence-corrected chi connectivity index (χ3v) is 5.61. The number of carboxylic acid groups (broad SMARTS) is 1. The monoisotopic (exact) mass is 426 g/mol. The Morgan fingerprint density at radius 3 is 2.70 bits per heavy atom. The van der Waals surface area contributed by atoms with E-state index in [1.54, 1.807) is 4.90 Å². The number of alkyl halides is 2. The topological polar surface area (TPSA) is 121 Å². The van der Waals surface area contributed by atoms with Gasteiger partial charge >= 0.3 is 12.6 Å². The Bertz CT molecular complexity index is 1080. The number of hydrogen-bond acceptors (Lipinski definition) is 6. The first-order valence-electron chi connectivity index (χ1n) is 9.50. The lowest BCUT2D eigenvalue weighted by Gasteiger charge is -2.35. The molecule has 1 saturated heterocycles. The lowest BCUT2D eigenvalue weighted by molar-refractivity contribution is -0.0487. The highest BCUT2D eigenvalue weighted by Gasteiger charge is 2.46. The van der Waals surface area contributed by atoms with Crippen LogP contribution in [0.25, 0.3) is 10.9 Å². The van der Waals surface area contributed by atoms with Crippen molar-refractivity contribution < 1.29 is 27.8 Å². The molecule has 30 heavy (non-hydrogen) atoms. The van der Waals surface area contributed by atoms with E-state index in [2.05, 4.69) is 15.0 Å². The molecule has 2 fully saturated rings. The standard InChI is InChI=1S/C19H21F3N4O4/c1-8-7-26(5-4-24-8)14-12(20)11(19(23)2-3-19)10-13(16(14)30-18(21)22)25-6-9(15(10)27)17(28)29/h6,8,18,24H,2-5,7,23H2,1H3,(H,25,27)(H,28,29). The number of pyridine rings is 1. The first-order chi connectivity index (χ1) is 14.1. The van der Waals surface area contributed by atoms with Gasteiger partial charge in [0.1, 0.15) is 11.3 Å². The van der Waals surface area contributed by atoms with Crippen molar-refractivity contribution in [1.29, 1.82) is 0 Å². The first-order valence-corrected chi connectivity index (χ1v) is 9.50. The zero-order valence-electron chi connectivity index (χ0n) is 16.1. The molecule has 0 radical (unpaired) electrons. The van der Waals surface area contributed by atoms with Crippen LogP contribution in [0, 0.1) is 5.82 Å². The number of benzene rings is 1. The molecule has 2 heterocycles. The van der Waals surface area contributed by atoms with Gasteiger partial charge in [-0.15, -0.1) is 0 Å². The maximum absolute atomic E-state index is 15.9. The van der Waals surface area contributed by atoms with Gasteiger partial charge in [0.2, 0.25) is 5.43 Å². The van der Waals surface area contributed by atoms with Crippen molar-refractivity contribution in [2.45, 2.75) is 38.0 Å². The van der Waals surface area contributed by atoms with Crippen LogP contribution in [0.5, 0.6) is 5.75 Å². The predicted octanol–water partition coefficient (Wildman–Crippen LogP) is 1.71. The van der Waals surface area contributed by atoms with Gasteiger partial charge in [0.05, 0.1) is 10.9 Å². The Kier molecular flexibility index (Phi) is 4.89. The average Bonchev–Trinajstić information content (AvgIpc) is 3.40. The fourth-order valence-corrected chi connectivity index (χ4v) is 4.03. The SMILES string of the molecule is CC1CN(c2c(F)c(C3(N)CC3)c3c(=O)c(C(=O)O)c[nH]c3c2OC(F)F)CCN1. The largest absolute Gasteiger partial charge is 0.477 e. The van der Waals surface area contributed by atoms with E-state index in [4.69, 9.17) is 5.73 Å². The van der Waals surface area contributed by atoms with Crippen LogP contribution < -0.4 is 26.1 Å². The van der Waals surface area contributed by atoms with Gasteiger partial charge in [0.25, 0.3) is 0 Å². The molecule has 2 aliphatic rings. The number of hydrogen-bond donors (Lipinski definition) is 4. The van der Waals surface area contributed by atoms with E-state index in [1.165, 1.54) is 0 Å². The quantitative estimate of drug-likeness (QED) is 0.574. The highest BCUT2D eigenvalue weighted by atomic mass is 19.3. The van der Waals surface area contributed by atoms with Crippen LogP contribution in [0.1, 0.15) is 35.7 Å². The second-order valence-electron chi connectivity index (χ2n) is 7.79. The summed E-state index contributed by atoms with van der Waals surface area (Å²) < 4.78 is 47.1. The summed E-state index contributed by atoms with van der Waals surface area (Å²) in [6.45, 7) is -0.291. The van der Waals surface area contributed by atoms with Gasteiger partial charge < -0.3 is 30.8 Å². The number of aromatic carboxylic acids is 1. The Balaban J connectivity index is 2.10. The van der Waals surface area contributed by atoms with Crippen LogP contribution >= 0.6 is 0 Å². The maximum atomic E-state index is 15.9. The molecule has 1 saturated carbocycles. The predicted molar refractivity (Wildman–Crippen MR) is 103 cm³/mol. The van der Waals surface area contributed by atoms with Crippen LogP contribution in [-0.4, -0.2) is 48.3 Å². The van der Waals surface area contributed by atoms with Gasteiger partial charge in [-0.05, 0) is 19.8 Å². The minimum absolute atomic E-state index is 0.0436. The Morgan fingerprint density at radius 1 is 1.43 bits per heavy atom. The third kappa shape index (κ3) is 3.27. The van der Waals surface area contributed by atoms with Gasteiger partial charge in [0, 0.05) is 43.0 Å². The number of rotatable bonds is 5. The molecule has 2 aromatic rings. The van der Waals surface area contributed by atoms with Gasteiger partial charge in [-0.3, -0.25) is 4.79 Å². The molecule has 1 aromatic carbocycles. The minimum atomic E-state index is -3.28. The van der Waals surface area contributed by atoms with Crippen LogP contribution in [0.4, 0.5) is 18.9 Å². The molecule has 162 valence electrons. The summed E-state index contributed by atoms with van der Waals surface area (Å²) in [6.07, 6.45) is 1.65. The summed E-state index contributed by atoms with van der Waals surface area (Å²) in [5.74, 6) is -2.99. The van der Waals surface area contributed by atoms with Gasteiger partial charge in [-0.2, -0.15) is 8.78 Å². The second kappa shape index (κ2) is 7.17. The lowest BCUT2D eigenvalue weighted by Crippen LogP contribution is -2.49. The molecular formula is C19H21F3N4O4. The highest BCUT2D eigenvalue weighted by Crippen LogP contribution is 2.51. The smallest absolute Gasteiger partial charge is 0.387 e. The highest BCUT2D eigenvalue weighted by molar-refractivity contribution is 5.99.